The molecular weight excluding hydrogens is 512 g/mol. The third kappa shape index (κ3) is 5.96. The van der Waals surface area contributed by atoms with Gasteiger partial charge in [0.05, 0.1) is 35.7 Å². The predicted octanol–water partition coefficient (Wildman–Crippen LogP) is 5.47. The summed E-state index contributed by atoms with van der Waals surface area (Å²) < 4.78 is 17.0. The summed E-state index contributed by atoms with van der Waals surface area (Å²) in [7, 11) is 1.31. The van der Waals surface area contributed by atoms with Crippen molar-refractivity contribution in [1.29, 1.82) is 5.26 Å². The van der Waals surface area contributed by atoms with E-state index < -0.39 is 11.9 Å². The van der Waals surface area contributed by atoms with Crippen LogP contribution in [0.15, 0.2) is 51.3 Å². The lowest BCUT2D eigenvalue weighted by Gasteiger charge is -2.35. The summed E-state index contributed by atoms with van der Waals surface area (Å²) in [5.41, 5.74) is 3.66. The fourth-order valence-electron chi connectivity index (χ4n) is 4.71. The van der Waals surface area contributed by atoms with Crippen molar-refractivity contribution in [2.24, 2.45) is 5.92 Å². The van der Waals surface area contributed by atoms with Crippen molar-refractivity contribution >= 4 is 27.7 Å². The number of benzene rings is 1. The molecule has 2 unspecified atom stereocenters. The van der Waals surface area contributed by atoms with Gasteiger partial charge in [-0.2, -0.15) is 5.26 Å². The molecule has 2 atom stereocenters. The van der Waals surface area contributed by atoms with Gasteiger partial charge in [0.15, 0.2) is 17.3 Å². The third-order valence-corrected chi connectivity index (χ3v) is 6.76. The molecular formula is C27H31BrN2O5. The number of dihydropyridines is 1. The first-order chi connectivity index (χ1) is 16.8. The van der Waals surface area contributed by atoms with E-state index in [0.29, 0.717) is 46.1 Å². The van der Waals surface area contributed by atoms with Crippen molar-refractivity contribution in [3.63, 3.8) is 0 Å². The summed E-state index contributed by atoms with van der Waals surface area (Å²) in [6, 6.07) is 6.04. The molecule has 1 N–H and O–H groups in total. The smallest absolute Gasteiger partial charge is 0.330 e. The highest BCUT2D eigenvalue weighted by Crippen LogP contribution is 2.47. The quantitative estimate of drug-likeness (QED) is 0.326. The highest BCUT2D eigenvalue weighted by atomic mass is 79.9. The third-order valence-electron chi connectivity index (χ3n) is 6.17. The van der Waals surface area contributed by atoms with Crippen LogP contribution in [0, 0.1) is 17.2 Å². The molecule has 0 aromatic heterocycles. The van der Waals surface area contributed by atoms with Gasteiger partial charge < -0.3 is 19.5 Å². The highest BCUT2D eigenvalue weighted by molar-refractivity contribution is 9.10. The number of esters is 1. The lowest BCUT2D eigenvalue weighted by Crippen LogP contribution is -2.34. The van der Waals surface area contributed by atoms with Crippen LogP contribution in [-0.2, 0) is 14.3 Å². The Labute approximate surface area is 214 Å². The largest absolute Gasteiger partial charge is 0.490 e. The standard InChI is InChI=1S/C27H31BrN2O5/c1-5-8-17-11-21-26(22(31)12-17)25(19(15-29)16(3)30-21)18-13-20(28)27(23(14-18)34-6-2)35-10-7-9-24(32)33-4/h7,9,13-14,17,25,30H,5-6,8,10-12H2,1-4H3. The predicted molar refractivity (Wildman–Crippen MR) is 136 cm³/mol. The van der Waals surface area contributed by atoms with Crippen LogP contribution < -0.4 is 14.8 Å². The van der Waals surface area contributed by atoms with Gasteiger partial charge >= 0.3 is 5.97 Å². The Morgan fingerprint density at radius 3 is 2.71 bits per heavy atom. The number of allylic oxidation sites excluding steroid dienone is 4. The van der Waals surface area contributed by atoms with Crippen LogP contribution in [0.3, 0.4) is 0 Å². The number of hydrogen-bond donors (Lipinski definition) is 1. The first-order valence-corrected chi connectivity index (χ1v) is 12.6. The van der Waals surface area contributed by atoms with Gasteiger partial charge in [-0.25, -0.2) is 4.79 Å². The van der Waals surface area contributed by atoms with Gasteiger partial charge in [0.25, 0.3) is 0 Å². The van der Waals surface area contributed by atoms with Crippen LogP contribution in [0.2, 0.25) is 0 Å². The highest BCUT2D eigenvalue weighted by Gasteiger charge is 2.39. The number of nitrogens with one attached hydrogen (secondary N) is 1. The Morgan fingerprint density at radius 1 is 1.29 bits per heavy atom. The zero-order chi connectivity index (χ0) is 25.5. The molecule has 0 amide bonds. The molecule has 0 radical (unpaired) electrons. The second-order valence-electron chi connectivity index (χ2n) is 8.59. The van der Waals surface area contributed by atoms with E-state index in [-0.39, 0.29) is 12.4 Å². The van der Waals surface area contributed by atoms with Gasteiger partial charge in [0.1, 0.15) is 6.61 Å². The molecule has 3 rings (SSSR count). The van der Waals surface area contributed by atoms with Gasteiger partial charge in [-0.15, -0.1) is 0 Å². The summed E-state index contributed by atoms with van der Waals surface area (Å²) in [5.74, 6) is 0.430. The molecule has 35 heavy (non-hydrogen) atoms. The molecule has 0 spiro atoms. The molecule has 0 saturated carbocycles. The summed E-state index contributed by atoms with van der Waals surface area (Å²) in [4.78, 5) is 24.6. The molecule has 1 heterocycles. The van der Waals surface area contributed by atoms with E-state index in [1.807, 2.05) is 26.0 Å². The Balaban J connectivity index is 2.03. The zero-order valence-corrected chi connectivity index (χ0v) is 22.2. The first-order valence-electron chi connectivity index (χ1n) is 11.8. The van der Waals surface area contributed by atoms with Crippen LogP contribution >= 0.6 is 15.9 Å². The van der Waals surface area contributed by atoms with E-state index in [2.05, 4.69) is 39.0 Å². The number of ketones is 1. The molecule has 1 aromatic carbocycles. The molecule has 1 aromatic rings. The molecule has 1 aliphatic carbocycles. The normalized spacial score (nSPS) is 19.8. The minimum Gasteiger partial charge on any atom is -0.490 e. The van der Waals surface area contributed by atoms with Crippen LogP contribution in [-0.4, -0.2) is 32.1 Å². The Morgan fingerprint density at radius 2 is 2.06 bits per heavy atom. The number of methoxy groups -OCH3 is 1. The number of carbonyl (C=O) groups excluding carboxylic acids is 2. The number of ether oxygens (including phenoxy) is 3. The molecule has 0 fully saturated rings. The zero-order valence-electron chi connectivity index (χ0n) is 20.6. The fraction of sp³-hybridized carbons (Fsp3) is 0.444. The van der Waals surface area contributed by atoms with Gasteiger partial charge in [-0.05, 0) is 72.3 Å². The maximum Gasteiger partial charge on any atom is 0.330 e. The second-order valence-corrected chi connectivity index (χ2v) is 9.44. The van der Waals surface area contributed by atoms with Crippen molar-refractivity contribution in [3.05, 3.63) is 56.9 Å². The van der Waals surface area contributed by atoms with Crippen molar-refractivity contribution < 1.29 is 23.8 Å². The maximum absolute atomic E-state index is 13.3. The summed E-state index contributed by atoms with van der Waals surface area (Å²) >= 11 is 3.58. The molecule has 8 heteroatoms. The van der Waals surface area contributed by atoms with E-state index in [0.717, 1.165) is 36.2 Å². The molecule has 0 saturated heterocycles. The van der Waals surface area contributed by atoms with Gasteiger partial charge in [0.2, 0.25) is 0 Å². The fourth-order valence-corrected chi connectivity index (χ4v) is 5.29. The number of halogens is 1. The van der Waals surface area contributed by atoms with E-state index in [1.165, 1.54) is 13.2 Å². The minimum absolute atomic E-state index is 0.0878. The summed E-state index contributed by atoms with van der Waals surface area (Å²) in [6.45, 7) is 6.42. The number of nitriles is 1. The topological polar surface area (TPSA) is 97.7 Å². The number of rotatable bonds is 9. The second kappa shape index (κ2) is 12.1. The van der Waals surface area contributed by atoms with E-state index in [9.17, 15) is 14.9 Å². The summed E-state index contributed by atoms with van der Waals surface area (Å²) in [6.07, 6.45) is 6.17. The summed E-state index contributed by atoms with van der Waals surface area (Å²) in [5, 5.41) is 13.4. The van der Waals surface area contributed by atoms with Crippen LogP contribution in [0.1, 0.15) is 57.9 Å². The first kappa shape index (κ1) is 26.6. The number of carbonyl (C=O) groups is 2. The SMILES string of the molecule is CCCC1CC(=O)C2=C(C1)NC(C)=C(C#N)C2c1cc(Br)c(OCC=CC(=O)OC)c(OCC)c1. The van der Waals surface area contributed by atoms with Crippen LogP contribution in [0.5, 0.6) is 11.5 Å². The van der Waals surface area contributed by atoms with Gasteiger partial charge in [-0.1, -0.05) is 13.3 Å². The van der Waals surface area contributed by atoms with E-state index in [1.54, 1.807) is 6.08 Å². The van der Waals surface area contributed by atoms with Crippen molar-refractivity contribution in [1.82, 2.24) is 5.32 Å². The van der Waals surface area contributed by atoms with Crippen molar-refractivity contribution in [2.75, 3.05) is 20.3 Å². The average molecular weight is 543 g/mol. The van der Waals surface area contributed by atoms with Crippen molar-refractivity contribution in [3.8, 4) is 17.6 Å². The molecule has 1 aliphatic heterocycles. The lowest BCUT2D eigenvalue weighted by atomic mass is 9.72. The number of hydrogen-bond acceptors (Lipinski definition) is 7. The van der Waals surface area contributed by atoms with Crippen LogP contribution in [0.25, 0.3) is 0 Å². The van der Waals surface area contributed by atoms with Gasteiger partial charge in [-0.3, -0.25) is 4.79 Å². The van der Waals surface area contributed by atoms with E-state index >= 15 is 0 Å². The Bertz CT molecular complexity index is 1130. The monoisotopic (exact) mass is 542 g/mol. The molecule has 186 valence electrons. The number of Topliss-reactive ketones (excluding diaryl/α,β-unsaturated/α-hetero) is 1. The Kier molecular flexibility index (Phi) is 9.16. The molecule has 7 nitrogen and oxygen atoms in total. The minimum atomic E-state index is -0.477. The van der Waals surface area contributed by atoms with Crippen molar-refractivity contribution in [2.45, 2.75) is 52.4 Å². The molecule has 2 aliphatic rings. The Hall–Kier alpha value is -3.05. The van der Waals surface area contributed by atoms with E-state index in [4.69, 9.17) is 9.47 Å². The molecule has 0 bridgehead atoms. The van der Waals surface area contributed by atoms with Gasteiger partial charge in [0, 0.05) is 29.5 Å². The van der Waals surface area contributed by atoms with Crippen LogP contribution in [0.4, 0.5) is 0 Å². The lowest BCUT2D eigenvalue weighted by molar-refractivity contribution is -0.134. The average Bonchev–Trinajstić information content (AvgIpc) is 2.82. The number of nitrogens with zero attached hydrogens (tertiary/aromatic N) is 1. The maximum atomic E-state index is 13.3.